The Morgan fingerprint density at radius 3 is 2.81 bits per heavy atom. The van der Waals surface area contributed by atoms with Crippen LogP contribution < -0.4 is 9.47 Å². The van der Waals surface area contributed by atoms with Crippen LogP contribution >= 0.6 is 22.6 Å². The maximum Gasteiger partial charge on any atom is 0.175 e. The zero-order chi connectivity index (χ0) is 18.8. The van der Waals surface area contributed by atoms with E-state index in [2.05, 4.69) is 39.7 Å². The summed E-state index contributed by atoms with van der Waals surface area (Å²) in [5.41, 5.74) is 2.17. The van der Waals surface area contributed by atoms with Crippen LogP contribution in [0.25, 0.3) is 0 Å². The molecule has 2 rings (SSSR count). The fourth-order valence-corrected chi connectivity index (χ4v) is 2.92. The van der Waals surface area contributed by atoms with Crippen LogP contribution in [-0.2, 0) is 11.4 Å². The van der Waals surface area contributed by atoms with E-state index in [9.17, 15) is 0 Å². The third kappa shape index (κ3) is 5.40. The predicted octanol–water partition coefficient (Wildman–Crippen LogP) is 4.12. The third-order valence-electron chi connectivity index (χ3n) is 3.27. The second-order valence-corrected chi connectivity index (χ2v) is 6.19. The number of nitriles is 1. The Bertz CT molecular complexity index is 866. The molecule has 0 aliphatic heterocycles. The zero-order valence-electron chi connectivity index (χ0n) is 14.2. The van der Waals surface area contributed by atoms with Crippen LogP contribution in [-0.4, -0.2) is 19.4 Å². The lowest BCUT2D eigenvalue weighted by Gasteiger charge is -2.13. The molecule has 0 aromatic heterocycles. The molecule has 26 heavy (non-hydrogen) atoms. The van der Waals surface area contributed by atoms with Gasteiger partial charge in [-0.3, -0.25) is 0 Å². The van der Waals surface area contributed by atoms with E-state index in [0.29, 0.717) is 23.7 Å². The summed E-state index contributed by atoms with van der Waals surface area (Å²) >= 11 is 2.16. The lowest BCUT2D eigenvalue weighted by Crippen LogP contribution is -2.02. The molecule has 0 saturated carbocycles. The molecule has 6 heteroatoms. The molecule has 0 saturated heterocycles. The number of hydrogen-bond donors (Lipinski definition) is 0. The highest BCUT2D eigenvalue weighted by Crippen LogP contribution is 2.33. The lowest BCUT2D eigenvalue weighted by atomic mass is 10.1. The van der Waals surface area contributed by atoms with Crippen LogP contribution in [0.5, 0.6) is 11.5 Å². The Labute approximate surface area is 166 Å². The summed E-state index contributed by atoms with van der Waals surface area (Å²) in [7, 11) is 0. The van der Waals surface area contributed by atoms with Gasteiger partial charge in [0.15, 0.2) is 11.5 Å². The summed E-state index contributed by atoms with van der Waals surface area (Å²) < 4.78 is 12.0. The Morgan fingerprint density at radius 2 is 2.08 bits per heavy atom. The van der Waals surface area contributed by atoms with Crippen molar-refractivity contribution >= 4 is 28.8 Å². The fourth-order valence-electron chi connectivity index (χ4n) is 2.14. The lowest BCUT2D eigenvalue weighted by molar-refractivity contribution is 0.132. The molecular formula is C20H17IN2O3. The van der Waals surface area contributed by atoms with E-state index in [4.69, 9.17) is 26.0 Å². The molecule has 0 N–H and O–H groups in total. The maximum atomic E-state index is 9.07. The average molecular weight is 460 g/mol. The van der Waals surface area contributed by atoms with Crippen molar-refractivity contribution in [2.45, 2.75) is 13.5 Å². The van der Waals surface area contributed by atoms with E-state index in [0.717, 1.165) is 14.7 Å². The molecule has 0 aliphatic rings. The van der Waals surface area contributed by atoms with Crippen LogP contribution in [0.2, 0.25) is 0 Å². The van der Waals surface area contributed by atoms with Gasteiger partial charge >= 0.3 is 0 Å². The normalized spacial score (nSPS) is 10.2. The Kier molecular flexibility index (Phi) is 7.78. The van der Waals surface area contributed by atoms with E-state index in [-0.39, 0.29) is 13.2 Å². The van der Waals surface area contributed by atoms with Gasteiger partial charge in [0.1, 0.15) is 13.2 Å². The number of benzene rings is 2. The molecule has 132 valence electrons. The van der Waals surface area contributed by atoms with Crippen LogP contribution in [0.1, 0.15) is 23.6 Å². The SMILES string of the molecule is C#CCOc1c(I)cc(/C=N\OCc2ccccc2C#N)cc1OCC. The highest BCUT2D eigenvalue weighted by atomic mass is 127. The first-order valence-corrected chi connectivity index (χ1v) is 8.93. The van der Waals surface area contributed by atoms with Gasteiger partial charge in [-0.15, -0.1) is 6.42 Å². The average Bonchev–Trinajstić information content (AvgIpc) is 2.65. The van der Waals surface area contributed by atoms with Crippen molar-refractivity contribution in [3.05, 3.63) is 56.7 Å². The number of hydrogen-bond acceptors (Lipinski definition) is 5. The first-order chi connectivity index (χ1) is 12.7. The molecule has 0 fully saturated rings. The summed E-state index contributed by atoms with van der Waals surface area (Å²) in [6.07, 6.45) is 6.84. The van der Waals surface area contributed by atoms with E-state index in [1.807, 2.05) is 37.3 Å². The van der Waals surface area contributed by atoms with Gasteiger partial charge in [0.25, 0.3) is 0 Å². The van der Waals surface area contributed by atoms with Gasteiger partial charge in [-0.05, 0) is 47.7 Å². The van der Waals surface area contributed by atoms with Crippen molar-refractivity contribution in [2.75, 3.05) is 13.2 Å². The van der Waals surface area contributed by atoms with Crippen LogP contribution in [0, 0.1) is 27.2 Å². The van der Waals surface area contributed by atoms with Crippen LogP contribution in [0.4, 0.5) is 0 Å². The minimum absolute atomic E-state index is 0.172. The molecule has 0 radical (unpaired) electrons. The minimum atomic E-state index is 0.172. The molecule has 0 atom stereocenters. The highest BCUT2D eigenvalue weighted by molar-refractivity contribution is 14.1. The molecule has 0 aliphatic carbocycles. The van der Waals surface area contributed by atoms with Crippen molar-refractivity contribution in [3.8, 4) is 29.9 Å². The standard InChI is InChI=1S/C20H17IN2O3/c1-3-9-25-20-18(21)10-15(11-19(20)24-4-2)13-23-26-14-17-8-6-5-7-16(17)12-22/h1,5-8,10-11,13H,4,9,14H2,2H3/b23-13-. The Morgan fingerprint density at radius 1 is 1.27 bits per heavy atom. The van der Waals surface area contributed by atoms with Gasteiger partial charge in [-0.2, -0.15) is 5.26 Å². The third-order valence-corrected chi connectivity index (χ3v) is 4.07. The number of rotatable bonds is 8. The van der Waals surface area contributed by atoms with Gasteiger partial charge in [0, 0.05) is 11.1 Å². The fraction of sp³-hybridized carbons (Fsp3) is 0.200. The number of terminal acetylenes is 1. The van der Waals surface area contributed by atoms with Gasteiger partial charge in [-0.1, -0.05) is 29.3 Å². The van der Waals surface area contributed by atoms with Crippen molar-refractivity contribution in [1.29, 1.82) is 5.26 Å². The molecule has 0 spiro atoms. The highest BCUT2D eigenvalue weighted by Gasteiger charge is 2.11. The summed E-state index contributed by atoms with van der Waals surface area (Å²) in [5, 5.41) is 13.0. The summed E-state index contributed by atoms with van der Waals surface area (Å²) in [6.45, 7) is 2.79. The topological polar surface area (TPSA) is 63.8 Å². The number of oxime groups is 1. The summed E-state index contributed by atoms with van der Waals surface area (Å²) in [4.78, 5) is 5.32. The van der Waals surface area contributed by atoms with E-state index >= 15 is 0 Å². The molecule has 0 amide bonds. The first-order valence-electron chi connectivity index (χ1n) is 7.85. The van der Waals surface area contributed by atoms with Crippen molar-refractivity contribution in [1.82, 2.24) is 0 Å². The van der Waals surface area contributed by atoms with Crippen molar-refractivity contribution in [3.63, 3.8) is 0 Å². The van der Waals surface area contributed by atoms with Gasteiger partial charge in [0.05, 0.1) is 28.0 Å². The molecular weight excluding hydrogens is 443 g/mol. The van der Waals surface area contributed by atoms with Gasteiger partial charge in [0.2, 0.25) is 0 Å². The van der Waals surface area contributed by atoms with E-state index < -0.39 is 0 Å². The number of nitrogens with zero attached hydrogens (tertiary/aromatic N) is 2. The van der Waals surface area contributed by atoms with E-state index in [1.54, 1.807) is 12.3 Å². The number of ether oxygens (including phenoxy) is 2. The Balaban J connectivity index is 2.10. The molecule has 2 aromatic carbocycles. The Hall–Kier alpha value is -2.71. The molecule has 0 bridgehead atoms. The molecule has 0 unspecified atom stereocenters. The monoisotopic (exact) mass is 460 g/mol. The molecule has 5 nitrogen and oxygen atoms in total. The van der Waals surface area contributed by atoms with Crippen molar-refractivity contribution in [2.24, 2.45) is 5.16 Å². The van der Waals surface area contributed by atoms with Crippen LogP contribution in [0.3, 0.4) is 0 Å². The summed E-state index contributed by atoms with van der Waals surface area (Å²) in [5.74, 6) is 3.66. The second-order valence-electron chi connectivity index (χ2n) is 5.03. The number of halogens is 1. The minimum Gasteiger partial charge on any atom is -0.490 e. The first kappa shape index (κ1) is 19.6. The van der Waals surface area contributed by atoms with Gasteiger partial charge in [-0.25, -0.2) is 0 Å². The van der Waals surface area contributed by atoms with Gasteiger partial charge < -0.3 is 14.3 Å². The predicted molar refractivity (Wildman–Crippen MR) is 108 cm³/mol. The molecule has 0 heterocycles. The zero-order valence-corrected chi connectivity index (χ0v) is 16.4. The summed E-state index contributed by atoms with van der Waals surface area (Å²) in [6, 6.07) is 13.1. The second kappa shape index (κ2) is 10.3. The molecule has 2 aromatic rings. The maximum absolute atomic E-state index is 9.07. The van der Waals surface area contributed by atoms with Crippen molar-refractivity contribution < 1.29 is 14.3 Å². The smallest absolute Gasteiger partial charge is 0.175 e. The van der Waals surface area contributed by atoms with Crippen LogP contribution in [0.15, 0.2) is 41.6 Å². The van der Waals surface area contributed by atoms with E-state index in [1.165, 1.54) is 0 Å². The quantitative estimate of drug-likeness (QED) is 0.257. The largest absolute Gasteiger partial charge is 0.490 e.